The van der Waals surface area contributed by atoms with Crippen LogP contribution in [0.3, 0.4) is 0 Å². The Bertz CT molecular complexity index is 331. The molecule has 0 atom stereocenters. The highest BCUT2D eigenvalue weighted by Gasteiger charge is 2.40. The van der Waals surface area contributed by atoms with Gasteiger partial charge in [0.25, 0.3) is 0 Å². The lowest BCUT2D eigenvalue weighted by molar-refractivity contribution is -0.117. The summed E-state index contributed by atoms with van der Waals surface area (Å²) in [7, 11) is 0. The van der Waals surface area contributed by atoms with Crippen molar-refractivity contribution in [3.8, 4) is 0 Å². The molecule has 4 nitrogen and oxygen atoms in total. The van der Waals surface area contributed by atoms with E-state index in [0.29, 0.717) is 0 Å². The minimum atomic E-state index is -4.10. The van der Waals surface area contributed by atoms with Gasteiger partial charge in [-0.1, -0.05) is 0 Å². The summed E-state index contributed by atoms with van der Waals surface area (Å²) in [5.41, 5.74) is 5.21. The first-order valence-corrected chi connectivity index (χ1v) is 3.89. The van der Waals surface area contributed by atoms with Gasteiger partial charge in [0.1, 0.15) is 11.6 Å². The summed E-state index contributed by atoms with van der Waals surface area (Å²) in [6.45, 7) is -1.22. The molecule has 0 aliphatic carbocycles. The number of nitrogens with zero attached hydrogens (tertiary/aromatic N) is 2. The molecule has 0 bridgehead atoms. The third-order valence-electron chi connectivity index (χ3n) is 1.48. The topological polar surface area (TPSA) is 63.8 Å². The van der Waals surface area contributed by atoms with Gasteiger partial charge in [-0.2, -0.15) is 8.78 Å². The van der Waals surface area contributed by atoms with Crippen molar-refractivity contribution in [2.45, 2.75) is 12.3 Å². The van der Waals surface area contributed by atoms with Gasteiger partial charge in [-0.15, -0.1) is 0 Å². The summed E-state index contributed by atoms with van der Waals surface area (Å²) in [4.78, 5) is 7.11. The van der Waals surface area contributed by atoms with Crippen molar-refractivity contribution in [3.63, 3.8) is 0 Å². The van der Waals surface area contributed by atoms with Crippen molar-refractivity contribution < 1.29 is 17.6 Å². The van der Waals surface area contributed by atoms with E-state index in [1.54, 1.807) is 0 Å². The molecule has 1 aromatic heterocycles. The van der Waals surface area contributed by atoms with E-state index in [-0.39, 0.29) is 11.6 Å². The van der Waals surface area contributed by atoms with Crippen LogP contribution in [0.25, 0.3) is 0 Å². The van der Waals surface area contributed by atoms with E-state index >= 15 is 0 Å². The van der Waals surface area contributed by atoms with Crippen molar-refractivity contribution in [2.24, 2.45) is 0 Å². The fourth-order valence-electron chi connectivity index (χ4n) is 0.752. The van der Waals surface area contributed by atoms with Gasteiger partial charge < -0.3 is 11.1 Å². The molecule has 0 unspecified atom stereocenters. The average molecular weight is 224 g/mol. The van der Waals surface area contributed by atoms with Crippen LogP contribution in [-0.2, 0) is 0 Å². The number of hydrogen-bond donors (Lipinski definition) is 2. The van der Waals surface area contributed by atoms with Crippen LogP contribution >= 0.6 is 0 Å². The maximum atomic E-state index is 12.4. The molecule has 0 aliphatic rings. The summed E-state index contributed by atoms with van der Waals surface area (Å²) in [6, 6.07) is 0. The largest absolute Gasteiger partial charge is 0.382 e. The molecule has 15 heavy (non-hydrogen) atoms. The Kier molecular flexibility index (Phi) is 3.28. The maximum Gasteiger partial charge on any atom is 0.324 e. The predicted molar refractivity (Wildman–Crippen MR) is 45.9 cm³/mol. The third-order valence-corrected chi connectivity index (χ3v) is 1.48. The molecule has 0 saturated heterocycles. The second-order valence-corrected chi connectivity index (χ2v) is 2.74. The number of rotatable bonds is 4. The number of anilines is 2. The van der Waals surface area contributed by atoms with E-state index in [1.165, 1.54) is 6.20 Å². The molecular formula is C7H8F4N4. The zero-order valence-electron chi connectivity index (χ0n) is 7.42. The molecular weight excluding hydrogens is 216 g/mol. The van der Waals surface area contributed by atoms with Gasteiger partial charge in [0.05, 0.1) is 18.9 Å². The van der Waals surface area contributed by atoms with Gasteiger partial charge in [-0.3, -0.25) is 4.98 Å². The number of hydrogen-bond acceptors (Lipinski definition) is 4. The van der Waals surface area contributed by atoms with Crippen molar-refractivity contribution in [2.75, 3.05) is 17.6 Å². The van der Waals surface area contributed by atoms with Gasteiger partial charge >= 0.3 is 12.3 Å². The first-order valence-electron chi connectivity index (χ1n) is 3.89. The third kappa shape index (κ3) is 3.22. The molecule has 0 amide bonds. The second-order valence-electron chi connectivity index (χ2n) is 2.74. The van der Waals surface area contributed by atoms with E-state index in [1.807, 2.05) is 5.32 Å². The summed E-state index contributed by atoms with van der Waals surface area (Å²) in [6.07, 6.45) is -1.41. The fourth-order valence-corrected chi connectivity index (χ4v) is 0.752. The molecule has 3 N–H and O–H groups in total. The van der Waals surface area contributed by atoms with Crippen LogP contribution in [0.15, 0.2) is 12.4 Å². The Balaban J connectivity index is 2.57. The van der Waals surface area contributed by atoms with E-state index in [0.717, 1.165) is 6.20 Å². The number of alkyl halides is 4. The zero-order valence-corrected chi connectivity index (χ0v) is 7.42. The van der Waals surface area contributed by atoms with Gasteiger partial charge in [0.2, 0.25) is 0 Å². The highest BCUT2D eigenvalue weighted by atomic mass is 19.3. The average Bonchev–Trinajstić information content (AvgIpc) is 2.15. The molecule has 1 aromatic rings. The van der Waals surface area contributed by atoms with E-state index in [9.17, 15) is 17.6 Å². The molecule has 84 valence electrons. The number of nitrogen functional groups attached to an aromatic ring is 1. The van der Waals surface area contributed by atoms with Crippen LogP contribution in [0, 0.1) is 0 Å². The summed E-state index contributed by atoms with van der Waals surface area (Å²) in [5.74, 6) is -4.16. The lowest BCUT2D eigenvalue weighted by Gasteiger charge is -2.15. The van der Waals surface area contributed by atoms with Crippen LogP contribution in [0.2, 0.25) is 0 Å². The minimum Gasteiger partial charge on any atom is -0.382 e. The normalized spacial score (nSPS) is 11.8. The number of aromatic nitrogens is 2. The molecule has 0 aromatic carbocycles. The zero-order chi connectivity index (χ0) is 11.5. The van der Waals surface area contributed by atoms with Crippen LogP contribution in [-0.4, -0.2) is 28.9 Å². The highest BCUT2D eigenvalue weighted by molar-refractivity contribution is 5.38. The van der Waals surface area contributed by atoms with E-state index in [4.69, 9.17) is 5.73 Å². The first kappa shape index (κ1) is 11.5. The molecule has 1 rings (SSSR count). The monoisotopic (exact) mass is 224 g/mol. The predicted octanol–water partition coefficient (Wildman–Crippen LogP) is 1.37. The Labute approximate surface area is 82.5 Å². The van der Waals surface area contributed by atoms with Gasteiger partial charge in [-0.05, 0) is 0 Å². The smallest absolute Gasteiger partial charge is 0.324 e. The first-order chi connectivity index (χ1) is 6.92. The number of halogens is 4. The Morgan fingerprint density at radius 3 is 2.60 bits per heavy atom. The SMILES string of the molecule is Nc1cncc(NCC(F)(F)C(F)F)n1. The number of nitrogens with one attached hydrogen (secondary N) is 1. The summed E-state index contributed by atoms with van der Waals surface area (Å²) < 4.78 is 48.4. The second kappa shape index (κ2) is 4.28. The highest BCUT2D eigenvalue weighted by Crippen LogP contribution is 2.22. The molecule has 0 saturated carbocycles. The molecule has 0 aliphatic heterocycles. The maximum absolute atomic E-state index is 12.4. The fraction of sp³-hybridized carbons (Fsp3) is 0.429. The van der Waals surface area contributed by atoms with E-state index in [2.05, 4.69) is 9.97 Å². The van der Waals surface area contributed by atoms with Crippen molar-refractivity contribution >= 4 is 11.6 Å². The van der Waals surface area contributed by atoms with Crippen LogP contribution in [0.4, 0.5) is 29.2 Å². The Morgan fingerprint density at radius 2 is 2.07 bits per heavy atom. The minimum absolute atomic E-state index is 0.0142. The van der Waals surface area contributed by atoms with Gasteiger partial charge in [-0.25, -0.2) is 13.8 Å². The molecule has 0 radical (unpaired) electrons. The lowest BCUT2D eigenvalue weighted by Crippen LogP contribution is -2.35. The summed E-state index contributed by atoms with van der Waals surface area (Å²) >= 11 is 0. The standard InChI is InChI=1S/C7H8F4N4/c8-6(9)7(10,11)3-14-5-2-13-1-4(12)15-5/h1-2,6H,3H2,(H3,12,14,15). The number of nitrogens with two attached hydrogens (primary N) is 1. The quantitative estimate of drug-likeness (QED) is 0.758. The molecule has 0 fully saturated rings. The van der Waals surface area contributed by atoms with Gasteiger partial charge in [0, 0.05) is 0 Å². The van der Waals surface area contributed by atoms with Crippen molar-refractivity contribution in [1.82, 2.24) is 9.97 Å². The van der Waals surface area contributed by atoms with Crippen LogP contribution < -0.4 is 11.1 Å². The molecule has 1 heterocycles. The lowest BCUT2D eigenvalue weighted by atomic mass is 10.3. The Hall–Kier alpha value is -1.60. The Morgan fingerprint density at radius 1 is 1.40 bits per heavy atom. The van der Waals surface area contributed by atoms with Gasteiger partial charge in [0.15, 0.2) is 0 Å². The van der Waals surface area contributed by atoms with Crippen LogP contribution in [0.5, 0.6) is 0 Å². The molecule has 8 heteroatoms. The summed E-state index contributed by atoms with van der Waals surface area (Å²) in [5, 5.41) is 2.02. The van der Waals surface area contributed by atoms with Crippen molar-refractivity contribution in [1.29, 1.82) is 0 Å². The van der Waals surface area contributed by atoms with E-state index < -0.39 is 18.9 Å². The van der Waals surface area contributed by atoms with Crippen LogP contribution in [0.1, 0.15) is 0 Å². The molecule has 0 spiro atoms. The van der Waals surface area contributed by atoms with Crippen molar-refractivity contribution in [3.05, 3.63) is 12.4 Å².